The number of hydrogen-bond donors (Lipinski definition) is 0. The van der Waals surface area contributed by atoms with Crippen LogP contribution in [0.2, 0.25) is 0 Å². The molecule has 0 unspecified atom stereocenters. The minimum absolute atomic E-state index is 0.734. The highest BCUT2D eigenvalue weighted by atomic mass is 14.7. The third-order valence-corrected chi connectivity index (χ3v) is 2.74. The average Bonchev–Trinajstić information content (AvgIpc) is 2.29. The van der Waals surface area contributed by atoms with Crippen LogP contribution in [0.5, 0.6) is 0 Å². The Morgan fingerprint density at radius 2 is 1.06 bits per heavy atom. The predicted octanol–water partition coefficient (Wildman–Crippen LogP) is 4.78. The second-order valence-corrected chi connectivity index (χ2v) is 5.85. The molecular weight excluding hydrogens is 220 g/mol. The maximum Gasteiger partial charge on any atom is 0.0385 e. The molecule has 2 nitrogen and oxygen atoms in total. The molecule has 0 heterocycles. The van der Waals surface area contributed by atoms with Gasteiger partial charge < -0.3 is 0 Å². The van der Waals surface area contributed by atoms with Gasteiger partial charge in [-0.2, -0.15) is 0 Å². The van der Waals surface area contributed by atoms with Crippen LogP contribution < -0.4 is 0 Å². The van der Waals surface area contributed by atoms with Gasteiger partial charge in [0.15, 0.2) is 0 Å². The molecule has 0 aromatic heterocycles. The predicted molar refractivity (Wildman–Crippen MR) is 84.1 cm³/mol. The van der Waals surface area contributed by atoms with Gasteiger partial charge in [0.2, 0.25) is 0 Å². The average molecular weight is 252 g/mol. The molecule has 0 aliphatic rings. The summed E-state index contributed by atoms with van der Waals surface area (Å²) in [4.78, 5) is 8.85. The van der Waals surface area contributed by atoms with Gasteiger partial charge in [-0.3, -0.25) is 9.98 Å². The Kier molecular flexibility index (Phi) is 12.3. The van der Waals surface area contributed by atoms with Crippen molar-refractivity contribution in [2.24, 2.45) is 21.8 Å². The highest BCUT2D eigenvalue weighted by molar-refractivity contribution is 5.57. The standard InChI is InChI=1S/C16H32N2/c1-15(2)9-13-17-11-7-5-6-8-12-18-14-10-16(3)4/h13-16H,5-12H2,1-4H3. The molecule has 2 heteroatoms. The Balaban J connectivity index is 3.16. The molecule has 0 aliphatic heterocycles. The van der Waals surface area contributed by atoms with Gasteiger partial charge in [0, 0.05) is 13.1 Å². The summed E-state index contributed by atoms with van der Waals surface area (Å²) >= 11 is 0. The first kappa shape index (κ1) is 17.3. The van der Waals surface area contributed by atoms with Gasteiger partial charge >= 0.3 is 0 Å². The van der Waals surface area contributed by atoms with E-state index in [1.54, 1.807) is 0 Å². The van der Waals surface area contributed by atoms with Crippen molar-refractivity contribution >= 4 is 12.4 Å². The van der Waals surface area contributed by atoms with E-state index < -0.39 is 0 Å². The van der Waals surface area contributed by atoms with Crippen LogP contribution in [0.4, 0.5) is 0 Å². The Labute approximate surface area is 114 Å². The maximum atomic E-state index is 4.42. The summed E-state index contributed by atoms with van der Waals surface area (Å²) in [6, 6.07) is 0. The molecule has 0 saturated heterocycles. The zero-order valence-electron chi connectivity index (χ0n) is 12.9. The zero-order valence-corrected chi connectivity index (χ0v) is 12.9. The minimum Gasteiger partial charge on any atom is -0.298 e. The van der Waals surface area contributed by atoms with Crippen molar-refractivity contribution in [2.75, 3.05) is 13.1 Å². The van der Waals surface area contributed by atoms with Crippen LogP contribution in [0.1, 0.15) is 66.2 Å². The van der Waals surface area contributed by atoms with Gasteiger partial charge in [0.05, 0.1) is 0 Å². The summed E-state index contributed by atoms with van der Waals surface area (Å²) in [5.74, 6) is 1.47. The Morgan fingerprint density at radius 3 is 1.39 bits per heavy atom. The van der Waals surface area contributed by atoms with Crippen LogP contribution in [0, 0.1) is 11.8 Å². The first-order chi connectivity index (χ1) is 8.63. The van der Waals surface area contributed by atoms with Gasteiger partial charge in [-0.25, -0.2) is 0 Å². The van der Waals surface area contributed by atoms with Crippen LogP contribution >= 0.6 is 0 Å². The molecule has 0 radical (unpaired) electrons. The second-order valence-electron chi connectivity index (χ2n) is 5.85. The second kappa shape index (κ2) is 12.8. The number of hydrogen-bond acceptors (Lipinski definition) is 2. The third kappa shape index (κ3) is 15.3. The molecule has 0 bridgehead atoms. The molecular formula is C16H32N2. The molecule has 0 aromatic rings. The largest absolute Gasteiger partial charge is 0.298 e. The quantitative estimate of drug-likeness (QED) is 0.373. The summed E-state index contributed by atoms with van der Waals surface area (Å²) in [6.45, 7) is 10.9. The molecule has 0 N–H and O–H groups in total. The Bertz CT molecular complexity index is 193. The molecule has 106 valence electrons. The summed E-state index contributed by atoms with van der Waals surface area (Å²) < 4.78 is 0. The van der Waals surface area contributed by atoms with Gasteiger partial charge in [-0.15, -0.1) is 0 Å². The van der Waals surface area contributed by atoms with E-state index in [9.17, 15) is 0 Å². The van der Waals surface area contributed by atoms with Gasteiger partial charge in [0.25, 0.3) is 0 Å². The number of nitrogens with zero attached hydrogens (tertiary/aromatic N) is 2. The minimum atomic E-state index is 0.734. The lowest BCUT2D eigenvalue weighted by Gasteiger charge is -1.99. The fraction of sp³-hybridized carbons (Fsp3) is 0.875. The van der Waals surface area contributed by atoms with Crippen molar-refractivity contribution in [3.8, 4) is 0 Å². The Hall–Kier alpha value is -0.660. The van der Waals surface area contributed by atoms with E-state index in [-0.39, 0.29) is 0 Å². The molecule has 0 spiro atoms. The molecule has 0 aromatic carbocycles. The topological polar surface area (TPSA) is 24.7 Å². The highest BCUT2D eigenvalue weighted by Crippen LogP contribution is 2.01. The molecule has 0 rings (SSSR count). The third-order valence-electron chi connectivity index (χ3n) is 2.74. The van der Waals surface area contributed by atoms with Crippen LogP contribution in [-0.2, 0) is 0 Å². The molecule has 0 saturated carbocycles. The van der Waals surface area contributed by atoms with Crippen LogP contribution in [0.3, 0.4) is 0 Å². The highest BCUT2D eigenvalue weighted by Gasteiger charge is 1.91. The molecule has 18 heavy (non-hydrogen) atoms. The van der Waals surface area contributed by atoms with Gasteiger partial charge in [-0.1, -0.05) is 40.5 Å². The maximum absolute atomic E-state index is 4.42. The van der Waals surface area contributed by atoms with Crippen LogP contribution in [-0.4, -0.2) is 25.5 Å². The fourth-order valence-corrected chi connectivity index (χ4v) is 1.51. The summed E-state index contributed by atoms with van der Waals surface area (Å²) in [7, 11) is 0. The summed E-state index contributed by atoms with van der Waals surface area (Å²) in [5.41, 5.74) is 0. The van der Waals surface area contributed by atoms with Crippen LogP contribution in [0.25, 0.3) is 0 Å². The van der Waals surface area contributed by atoms with E-state index in [0.29, 0.717) is 0 Å². The first-order valence-electron chi connectivity index (χ1n) is 7.59. The van der Waals surface area contributed by atoms with Gasteiger partial charge in [0.1, 0.15) is 0 Å². The normalized spacial score (nSPS) is 12.6. The monoisotopic (exact) mass is 252 g/mol. The number of aliphatic imine (C=N–C) groups is 2. The van der Waals surface area contributed by atoms with E-state index in [2.05, 4.69) is 50.1 Å². The van der Waals surface area contributed by atoms with Crippen molar-refractivity contribution < 1.29 is 0 Å². The van der Waals surface area contributed by atoms with Crippen molar-refractivity contribution in [3.05, 3.63) is 0 Å². The lowest BCUT2D eigenvalue weighted by Crippen LogP contribution is -1.91. The fourth-order valence-electron chi connectivity index (χ4n) is 1.51. The zero-order chi connectivity index (χ0) is 13.6. The van der Waals surface area contributed by atoms with E-state index in [4.69, 9.17) is 0 Å². The molecule has 0 fully saturated rings. The van der Waals surface area contributed by atoms with E-state index in [1.165, 1.54) is 25.7 Å². The summed E-state index contributed by atoms with van der Waals surface area (Å²) in [6.07, 6.45) is 11.4. The van der Waals surface area contributed by atoms with E-state index in [1.807, 2.05) is 0 Å². The van der Waals surface area contributed by atoms with E-state index in [0.717, 1.165) is 37.8 Å². The van der Waals surface area contributed by atoms with Crippen molar-refractivity contribution in [3.63, 3.8) is 0 Å². The molecule has 0 amide bonds. The molecule has 0 atom stereocenters. The SMILES string of the molecule is CC(C)CC=NCCCCCCN=CCC(C)C. The van der Waals surface area contributed by atoms with Crippen molar-refractivity contribution in [1.82, 2.24) is 0 Å². The number of unbranched alkanes of at least 4 members (excludes halogenated alkanes) is 3. The lowest BCUT2D eigenvalue weighted by molar-refractivity contribution is 0.648. The summed E-state index contributed by atoms with van der Waals surface area (Å²) in [5, 5.41) is 0. The lowest BCUT2D eigenvalue weighted by atomic mass is 10.1. The molecule has 0 aliphatic carbocycles. The smallest absolute Gasteiger partial charge is 0.0385 e. The van der Waals surface area contributed by atoms with Gasteiger partial charge in [-0.05, 0) is 49.9 Å². The van der Waals surface area contributed by atoms with E-state index >= 15 is 0 Å². The van der Waals surface area contributed by atoms with Crippen molar-refractivity contribution in [1.29, 1.82) is 0 Å². The Morgan fingerprint density at radius 1 is 0.667 bits per heavy atom. The number of rotatable bonds is 11. The first-order valence-corrected chi connectivity index (χ1v) is 7.59. The van der Waals surface area contributed by atoms with Crippen LogP contribution in [0.15, 0.2) is 9.98 Å². The van der Waals surface area contributed by atoms with Crippen molar-refractivity contribution in [2.45, 2.75) is 66.2 Å².